The highest BCUT2D eigenvalue weighted by molar-refractivity contribution is 5.92. The van der Waals surface area contributed by atoms with Crippen LogP contribution in [0.2, 0.25) is 0 Å². The SMILES string of the molecule is CCCc1cc(C(=O)N2CCCC(c3nc4c(C)cccc4[nH]3)C2)n[nH]1. The molecule has 0 radical (unpaired) electrons. The number of aryl methyl sites for hydroxylation is 2. The zero-order valence-corrected chi connectivity index (χ0v) is 15.4. The Bertz CT molecular complexity index is 925. The summed E-state index contributed by atoms with van der Waals surface area (Å²) < 4.78 is 0. The molecule has 0 spiro atoms. The van der Waals surface area contributed by atoms with Gasteiger partial charge in [-0.3, -0.25) is 9.89 Å². The predicted molar refractivity (Wildman–Crippen MR) is 101 cm³/mol. The number of rotatable bonds is 4. The molecule has 26 heavy (non-hydrogen) atoms. The van der Waals surface area contributed by atoms with Crippen LogP contribution in [0, 0.1) is 6.92 Å². The summed E-state index contributed by atoms with van der Waals surface area (Å²) >= 11 is 0. The Kier molecular flexibility index (Phi) is 4.49. The van der Waals surface area contributed by atoms with Gasteiger partial charge in [-0.1, -0.05) is 25.5 Å². The summed E-state index contributed by atoms with van der Waals surface area (Å²) in [6.45, 7) is 5.67. The van der Waals surface area contributed by atoms with E-state index in [2.05, 4.69) is 41.2 Å². The number of carbonyl (C=O) groups is 1. The molecule has 3 aromatic rings. The number of aromatic nitrogens is 4. The van der Waals surface area contributed by atoms with Gasteiger partial charge in [0.05, 0.1) is 11.0 Å². The van der Waals surface area contributed by atoms with E-state index < -0.39 is 0 Å². The third-order valence-electron chi connectivity index (χ3n) is 5.20. The van der Waals surface area contributed by atoms with Gasteiger partial charge in [-0.25, -0.2) is 4.98 Å². The minimum absolute atomic E-state index is 0.0144. The minimum Gasteiger partial charge on any atom is -0.342 e. The fraction of sp³-hybridized carbons (Fsp3) is 0.450. The summed E-state index contributed by atoms with van der Waals surface area (Å²) in [7, 11) is 0. The van der Waals surface area contributed by atoms with E-state index in [-0.39, 0.29) is 11.8 Å². The lowest BCUT2D eigenvalue weighted by Gasteiger charge is -2.31. The smallest absolute Gasteiger partial charge is 0.274 e. The highest BCUT2D eigenvalue weighted by Crippen LogP contribution is 2.28. The van der Waals surface area contributed by atoms with Gasteiger partial charge >= 0.3 is 0 Å². The number of piperidine rings is 1. The molecule has 2 N–H and O–H groups in total. The van der Waals surface area contributed by atoms with Crippen LogP contribution in [-0.4, -0.2) is 44.1 Å². The van der Waals surface area contributed by atoms with Crippen LogP contribution in [0.4, 0.5) is 0 Å². The Morgan fingerprint density at radius 2 is 2.27 bits per heavy atom. The first-order valence-corrected chi connectivity index (χ1v) is 9.44. The van der Waals surface area contributed by atoms with Gasteiger partial charge in [-0.2, -0.15) is 5.10 Å². The van der Waals surface area contributed by atoms with E-state index in [0.29, 0.717) is 12.2 Å². The first-order chi connectivity index (χ1) is 12.7. The summed E-state index contributed by atoms with van der Waals surface area (Å²) in [4.78, 5) is 23.0. The second kappa shape index (κ2) is 6.94. The predicted octanol–water partition coefficient (Wildman–Crippen LogP) is 3.57. The molecule has 0 aliphatic carbocycles. The zero-order valence-electron chi connectivity index (χ0n) is 15.4. The number of fused-ring (bicyclic) bond motifs is 1. The van der Waals surface area contributed by atoms with Crippen LogP contribution >= 0.6 is 0 Å². The monoisotopic (exact) mass is 351 g/mol. The Morgan fingerprint density at radius 3 is 3.08 bits per heavy atom. The molecule has 6 nitrogen and oxygen atoms in total. The third-order valence-corrected chi connectivity index (χ3v) is 5.20. The highest BCUT2D eigenvalue weighted by Gasteiger charge is 2.28. The Hall–Kier alpha value is -2.63. The third kappa shape index (κ3) is 3.11. The molecule has 0 saturated carbocycles. The number of nitrogens with one attached hydrogen (secondary N) is 2. The lowest BCUT2D eigenvalue weighted by molar-refractivity contribution is 0.0699. The van der Waals surface area contributed by atoms with Crippen molar-refractivity contribution in [1.82, 2.24) is 25.1 Å². The number of aromatic amines is 2. The molecule has 4 rings (SSSR count). The number of hydrogen-bond donors (Lipinski definition) is 2. The van der Waals surface area contributed by atoms with E-state index in [0.717, 1.165) is 54.8 Å². The molecule has 6 heteroatoms. The maximum atomic E-state index is 12.8. The molecule has 3 heterocycles. The summed E-state index contributed by atoms with van der Waals surface area (Å²) in [5.41, 5.74) is 4.82. The van der Waals surface area contributed by atoms with Crippen LogP contribution in [-0.2, 0) is 6.42 Å². The van der Waals surface area contributed by atoms with Crippen LogP contribution in [0.5, 0.6) is 0 Å². The van der Waals surface area contributed by atoms with Gasteiger partial charge in [0.15, 0.2) is 0 Å². The average molecular weight is 351 g/mol. The number of benzene rings is 1. The Balaban J connectivity index is 1.52. The fourth-order valence-electron chi connectivity index (χ4n) is 3.80. The molecule has 1 saturated heterocycles. The number of amides is 1. The molecule has 0 bridgehead atoms. The number of hydrogen-bond acceptors (Lipinski definition) is 3. The van der Waals surface area contributed by atoms with Gasteiger partial charge in [-0.05, 0) is 43.9 Å². The molecule has 1 fully saturated rings. The van der Waals surface area contributed by atoms with Gasteiger partial charge < -0.3 is 9.88 Å². The molecule has 1 aliphatic heterocycles. The van der Waals surface area contributed by atoms with Gasteiger partial charge in [0.25, 0.3) is 5.91 Å². The molecule has 136 valence electrons. The average Bonchev–Trinajstić information content (AvgIpc) is 3.29. The molecular weight excluding hydrogens is 326 g/mol. The van der Waals surface area contributed by atoms with E-state index in [9.17, 15) is 4.79 Å². The van der Waals surface area contributed by atoms with Crippen LogP contribution in [0.3, 0.4) is 0 Å². The van der Waals surface area contributed by atoms with Gasteiger partial charge in [-0.15, -0.1) is 0 Å². The molecule has 1 aliphatic rings. The number of imidazole rings is 1. The first kappa shape index (κ1) is 16.8. The standard InChI is InChI=1S/C20H25N5O/c1-3-6-15-11-17(24-23-15)20(26)25-10-5-8-14(12-25)19-21-16-9-4-7-13(2)18(16)22-19/h4,7,9,11,14H,3,5-6,8,10,12H2,1-2H3,(H,21,22)(H,23,24). The summed E-state index contributed by atoms with van der Waals surface area (Å²) in [6, 6.07) is 8.07. The number of nitrogens with zero attached hydrogens (tertiary/aromatic N) is 3. The van der Waals surface area contributed by atoms with E-state index >= 15 is 0 Å². The lowest BCUT2D eigenvalue weighted by Crippen LogP contribution is -2.39. The maximum Gasteiger partial charge on any atom is 0.274 e. The van der Waals surface area contributed by atoms with E-state index in [1.165, 1.54) is 5.56 Å². The summed E-state index contributed by atoms with van der Waals surface area (Å²) in [6.07, 6.45) is 3.98. The highest BCUT2D eigenvalue weighted by atomic mass is 16.2. The number of H-pyrrole nitrogens is 2. The van der Waals surface area contributed by atoms with Crippen molar-refractivity contribution in [3.8, 4) is 0 Å². The zero-order chi connectivity index (χ0) is 18.1. The van der Waals surface area contributed by atoms with Crippen molar-refractivity contribution in [1.29, 1.82) is 0 Å². The van der Waals surface area contributed by atoms with Gasteiger partial charge in [0.2, 0.25) is 0 Å². The molecule has 1 amide bonds. The molecule has 2 aromatic heterocycles. The molecule has 1 atom stereocenters. The number of para-hydroxylation sites is 1. The van der Waals surface area contributed by atoms with Crippen LogP contribution < -0.4 is 0 Å². The van der Waals surface area contributed by atoms with Crippen molar-refractivity contribution in [2.45, 2.75) is 45.4 Å². The second-order valence-electron chi connectivity index (χ2n) is 7.21. The van der Waals surface area contributed by atoms with Crippen molar-refractivity contribution in [2.24, 2.45) is 0 Å². The van der Waals surface area contributed by atoms with Crippen LogP contribution in [0.15, 0.2) is 24.3 Å². The lowest BCUT2D eigenvalue weighted by atomic mass is 9.97. The largest absolute Gasteiger partial charge is 0.342 e. The van der Waals surface area contributed by atoms with Gasteiger partial charge in [0.1, 0.15) is 11.5 Å². The van der Waals surface area contributed by atoms with Crippen LogP contribution in [0.25, 0.3) is 11.0 Å². The van der Waals surface area contributed by atoms with Crippen molar-refractivity contribution in [2.75, 3.05) is 13.1 Å². The number of carbonyl (C=O) groups excluding carboxylic acids is 1. The van der Waals surface area contributed by atoms with E-state index in [1.807, 2.05) is 17.0 Å². The normalized spacial score (nSPS) is 17.8. The fourth-order valence-corrected chi connectivity index (χ4v) is 3.80. The quantitative estimate of drug-likeness (QED) is 0.754. The summed E-state index contributed by atoms with van der Waals surface area (Å²) in [5, 5.41) is 7.19. The molecule has 1 aromatic carbocycles. The topological polar surface area (TPSA) is 77.7 Å². The van der Waals surface area contributed by atoms with Gasteiger partial charge in [0, 0.05) is 24.7 Å². The van der Waals surface area contributed by atoms with Crippen molar-refractivity contribution in [3.05, 3.63) is 47.0 Å². The van der Waals surface area contributed by atoms with E-state index in [1.54, 1.807) is 0 Å². The molecular formula is C20H25N5O. The maximum absolute atomic E-state index is 12.8. The Morgan fingerprint density at radius 1 is 1.38 bits per heavy atom. The minimum atomic E-state index is 0.0144. The van der Waals surface area contributed by atoms with Crippen molar-refractivity contribution in [3.63, 3.8) is 0 Å². The number of likely N-dealkylation sites (tertiary alicyclic amines) is 1. The van der Waals surface area contributed by atoms with Crippen molar-refractivity contribution < 1.29 is 4.79 Å². The first-order valence-electron chi connectivity index (χ1n) is 9.44. The van der Waals surface area contributed by atoms with Crippen LogP contribution in [0.1, 0.15) is 59.7 Å². The van der Waals surface area contributed by atoms with Crippen molar-refractivity contribution >= 4 is 16.9 Å². The van der Waals surface area contributed by atoms with E-state index in [4.69, 9.17) is 4.98 Å². The summed E-state index contributed by atoms with van der Waals surface area (Å²) in [5.74, 6) is 1.25. The molecule has 1 unspecified atom stereocenters. The Labute approximate surface area is 153 Å². The second-order valence-corrected chi connectivity index (χ2v) is 7.21.